The molecule has 0 spiro atoms. The molecular formula is C25H24N2O6S. The van der Waals surface area contributed by atoms with E-state index in [0.717, 1.165) is 11.3 Å². The molecule has 9 heteroatoms. The molecule has 8 nitrogen and oxygen atoms in total. The van der Waals surface area contributed by atoms with E-state index >= 15 is 0 Å². The summed E-state index contributed by atoms with van der Waals surface area (Å²) in [6.45, 7) is 1.74. The van der Waals surface area contributed by atoms with Crippen molar-refractivity contribution in [3.05, 3.63) is 84.5 Å². The van der Waals surface area contributed by atoms with Gasteiger partial charge in [0.15, 0.2) is 16.3 Å². The minimum atomic E-state index is -0.735. The number of benzene rings is 2. The van der Waals surface area contributed by atoms with Crippen LogP contribution in [0.4, 0.5) is 0 Å². The normalized spacial score (nSPS) is 15.4. The van der Waals surface area contributed by atoms with E-state index in [1.165, 1.54) is 30.1 Å². The number of thiazole rings is 1. The lowest BCUT2D eigenvalue weighted by atomic mass is 9.95. The van der Waals surface area contributed by atoms with Crippen LogP contribution in [0.3, 0.4) is 0 Å². The van der Waals surface area contributed by atoms with Crippen LogP contribution in [0.15, 0.2) is 63.5 Å². The number of esters is 1. The van der Waals surface area contributed by atoms with Crippen molar-refractivity contribution in [2.24, 2.45) is 4.99 Å². The van der Waals surface area contributed by atoms with Crippen molar-refractivity contribution in [1.29, 1.82) is 0 Å². The van der Waals surface area contributed by atoms with Crippen LogP contribution in [-0.4, -0.2) is 39.0 Å². The molecule has 2 heterocycles. The summed E-state index contributed by atoms with van der Waals surface area (Å²) in [7, 11) is 5.99. The Morgan fingerprint density at radius 3 is 2.32 bits per heavy atom. The van der Waals surface area contributed by atoms with Crippen molar-refractivity contribution in [2.75, 3.05) is 28.4 Å². The second kappa shape index (κ2) is 9.56. The fraction of sp³-hybridized carbons (Fsp3) is 0.240. The predicted octanol–water partition coefficient (Wildman–Crippen LogP) is 2.43. The van der Waals surface area contributed by atoms with E-state index in [2.05, 4.69) is 4.99 Å². The molecule has 1 atom stereocenters. The van der Waals surface area contributed by atoms with Gasteiger partial charge in [0, 0.05) is 0 Å². The van der Waals surface area contributed by atoms with E-state index in [-0.39, 0.29) is 11.1 Å². The molecule has 0 radical (unpaired) electrons. The first-order valence-corrected chi connectivity index (χ1v) is 11.2. The van der Waals surface area contributed by atoms with Crippen molar-refractivity contribution >= 4 is 23.4 Å². The number of carbonyl (C=O) groups is 1. The van der Waals surface area contributed by atoms with Gasteiger partial charge in [-0.15, -0.1) is 0 Å². The van der Waals surface area contributed by atoms with E-state index in [1.807, 2.05) is 24.3 Å². The molecule has 1 aliphatic rings. The molecule has 2 aromatic carbocycles. The summed E-state index contributed by atoms with van der Waals surface area (Å²) in [6.07, 6.45) is 1.80. The van der Waals surface area contributed by atoms with Crippen LogP contribution < -0.4 is 29.1 Å². The van der Waals surface area contributed by atoms with Gasteiger partial charge in [0.1, 0.15) is 5.75 Å². The highest BCUT2D eigenvalue weighted by molar-refractivity contribution is 7.07. The number of nitrogens with zero attached hydrogens (tertiary/aromatic N) is 2. The fourth-order valence-electron chi connectivity index (χ4n) is 3.88. The average molecular weight is 481 g/mol. The maximum absolute atomic E-state index is 13.6. The number of rotatable bonds is 6. The highest BCUT2D eigenvalue weighted by atomic mass is 32.1. The summed E-state index contributed by atoms with van der Waals surface area (Å²) in [6, 6.07) is 12.0. The van der Waals surface area contributed by atoms with Gasteiger partial charge < -0.3 is 18.9 Å². The Kier molecular flexibility index (Phi) is 6.56. The summed E-state index contributed by atoms with van der Waals surface area (Å²) in [5.41, 5.74) is 2.04. The molecule has 1 aliphatic heterocycles. The Balaban J connectivity index is 1.95. The van der Waals surface area contributed by atoms with Crippen LogP contribution in [0.25, 0.3) is 6.08 Å². The summed E-state index contributed by atoms with van der Waals surface area (Å²) in [5.74, 6) is 1.20. The Labute approximate surface area is 200 Å². The molecule has 1 aromatic heterocycles. The second-order valence-electron chi connectivity index (χ2n) is 7.46. The summed E-state index contributed by atoms with van der Waals surface area (Å²) in [4.78, 5) is 31.4. The number of ether oxygens (including phenoxy) is 4. The summed E-state index contributed by atoms with van der Waals surface area (Å²) in [5, 5.41) is 0. The molecule has 0 N–H and O–H groups in total. The molecule has 0 amide bonds. The van der Waals surface area contributed by atoms with Gasteiger partial charge in [0.05, 0.1) is 50.3 Å². The van der Waals surface area contributed by atoms with Gasteiger partial charge in [-0.2, -0.15) is 0 Å². The lowest BCUT2D eigenvalue weighted by Crippen LogP contribution is -2.39. The van der Waals surface area contributed by atoms with Gasteiger partial charge in [-0.3, -0.25) is 9.36 Å². The lowest BCUT2D eigenvalue weighted by Gasteiger charge is -2.25. The number of carbonyl (C=O) groups excluding carboxylic acids is 1. The van der Waals surface area contributed by atoms with Gasteiger partial charge in [0.25, 0.3) is 5.56 Å². The standard InChI is InChI=1S/C25H24N2O6S/c1-14-21(24(29)33-5)22(16-8-11-18(31-3)19(13-16)32-4)27-23(28)20(34-25(27)26-14)12-15-6-9-17(30-2)10-7-15/h6-13,22H,1-5H3/b20-12-. The number of fused-ring (bicyclic) bond motifs is 1. The van der Waals surface area contributed by atoms with Crippen molar-refractivity contribution in [2.45, 2.75) is 13.0 Å². The first kappa shape index (κ1) is 23.3. The SMILES string of the molecule is COC(=O)C1=C(C)N=c2s/c(=C\c3ccc(OC)cc3)c(=O)n2C1c1ccc(OC)c(OC)c1. The molecule has 176 valence electrons. The van der Waals surface area contributed by atoms with Crippen LogP contribution >= 0.6 is 11.3 Å². The Bertz CT molecular complexity index is 1450. The monoisotopic (exact) mass is 480 g/mol. The molecule has 3 aromatic rings. The number of aromatic nitrogens is 1. The smallest absolute Gasteiger partial charge is 0.338 e. The van der Waals surface area contributed by atoms with Crippen LogP contribution in [0.2, 0.25) is 0 Å². The number of methoxy groups -OCH3 is 4. The fourth-order valence-corrected chi connectivity index (χ4v) is 4.93. The van der Waals surface area contributed by atoms with Gasteiger partial charge in [-0.1, -0.05) is 29.5 Å². The molecule has 0 saturated carbocycles. The van der Waals surface area contributed by atoms with Crippen LogP contribution in [-0.2, 0) is 9.53 Å². The van der Waals surface area contributed by atoms with Crippen molar-refractivity contribution in [3.63, 3.8) is 0 Å². The van der Waals surface area contributed by atoms with Gasteiger partial charge in [-0.25, -0.2) is 9.79 Å². The van der Waals surface area contributed by atoms with E-state index in [4.69, 9.17) is 18.9 Å². The zero-order valence-corrected chi connectivity index (χ0v) is 20.3. The zero-order valence-electron chi connectivity index (χ0n) is 19.4. The maximum Gasteiger partial charge on any atom is 0.338 e. The number of allylic oxidation sites excluding steroid dienone is 1. The molecule has 0 aliphatic carbocycles. The molecule has 0 bridgehead atoms. The molecule has 34 heavy (non-hydrogen) atoms. The summed E-state index contributed by atoms with van der Waals surface area (Å²) >= 11 is 1.26. The molecule has 4 rings (SSSR count). The van der Waals surface area contributed by atoms with Crippen molar-refractivity contribution in [1.82, 2.24) is 4.57 Å². The topological polar surface area (TPSA) is 88.4 Å². The van der Waals surface area contributed by atoms with Gasteiger partial charge in [-0.05, 0) is 48.4 Å². The van der Waals surface area contributed by atoms with Crippen molar-refractivity contribution in [3.8, 4) is 17.2 Å². The Hall–Kier alpha value is -3.85. The Morgan fingerprint density at radius 1 is 1.00 bits per heavy atom. The van der Waals surface area contributed by atoms with Crippen LogP contribution in [0.1, 0.15) is 24.1 Å². The molecule has 1 unspecified atom stereocenters. The average Bonchev–Trinajstić information content (AvgIpc) is 3.16. The molecule has 0 saturated heterocycles. The minimum absolute atomic E-state index is 0.256. The third kappa shape index (κ3) is 4.10. The van der Waals surface area contributed by atoms with Crippen molar-refractivity contribution < 1.29 is 23.7 Å². The highest BCUT2D eigenvalue weighted by Gasteiger charge is 2.33. The third-order valence-corrected chi connectivity index (χ3v) is 6.55. The van der Waals surface area contributed by atoms with E-state index in [0.29, 0.717) is 32.1 Å². The Morgan fingerprint density at radius 2 is 1.71 bits per heavy atom. The van der Waals surface area contributed by atoms with Gasteiger partial charge in [0.2, 0.25) is 0 Å². The van der Waals surface area contributed by atoms with E-state index in [9.17, 15) is 9.59 Å². The zero-order chi connectivity index (χ0) is 24.4. The minimum Gasteiger partial charge on any atom is -0.497 e. The second-order valence-corrected chi connectivity index (χ2v) is 8.47. The quantitative estimate of drug-likeness (QED) is 0.504. The molecular weight excluding hydrogens is 456 g/mol. The van der Waals surface area contributed by atoms with E-state index < -0.39 is 12.0 Å². The van der Waals surface area contributed by atoms with Crippen LogP contribution in [0, 0.1) is 0 Å². The number of hydrogen-bond acceptors (Lipinski definition) is 8. The van der Waals surface area contributed by atoms with Gasteiger partial charge >= 0.3 is 5.97 Å². The first-order chi connectivity index (χ1) is 16.4. The third-order valence-electron chi connectivity index (χ3n) is 5.56. The number of hydrogen-bond donors (Lipinski definition) is 0. The highest BCUT2D eigenvalue weighted by Crippen LogP contribution is 2.35. The molecule has 0 fully saturated rings. The largest absolute Gasteiger partial charge is 0.497 e. The maximum atomic E-state index is 13.6. The van der Waals surface area contributed by atoms with Crippen LogP contribution in [0.5, 0.6) is 17.2 Å². The predicted molar refractivity (Wildman–Crippen MR) is 128 cm³/mol. The summed E-state index contributed by atoms with van der Waals surface area (Å²) < 4.78 is 23.1. The van der Waals surface area contributed by atoms with E-state index in [1.54, 1.807) is 45.4 Å². The lowest BCUT2D eigenvalue weighted by molar-refractivity contribution is -0.136. The first-order valence-electron chi connectivity index (χ1n) is 10.4.